The molecule has 6 rings (SSSR count). The summed E-state index contributed by atoms with van der Waals surface area (Å²) in [6.45, 7) is 4.44. The quantitative estimate of drug-likeness (QED) is 0.437. The topological polar surface area (TPSA) is 87.7 Å². The molecule has 8 unspecified atom stereocenters. The number of rotatable bonds is 6. The lowest BCUT2D eigenvalue weighted by Gasteiger charge is -2.38. The van der Waals surface area contributed by atoms with Gasteiger partial charge in [0.05, 0.1) is 23.0 Å². The molecular formula is C31H32Cl2FN3O4. The molecule has 3 heterocycles. The highest BCUT2D eigenvalue weighted by atomic mass is 35.5. The van der Waals surface area contributed by atoms with Crippen molar-refractivity contribution in [2.24, 2.45) is 23.7 Å². The number of halogens is 3. The van der Waals surface area contributed by atoms with Gasteiger partial charge in [-0.25, -0.2) is 4.39 Å². The largest absolute Gasteiger partial charge is 0.359 e. The summed E-state index contributed by atoms with van der Waals surface area (Å²) in [5, 5.41) is 6.36. The van der Waals surface area contributed by atoms with E-state index in [2.05, 4.69) is 24.5 Å². The maximum absolute atomic E-state index is 14.2. The summed E-state index contributed by atoms with van der Waals surface area (Å²) in [5.74, 6) is -2.77. The van der Waals surface area contributed by atoms with Crippen molar-refractivity contribution in [2.45, 2.75) is 63.4 Å². The third-order valence-corrected chi connectivity index (χ3v) is 10.1. The van der Waals surface area contributed by atoms with E-state index in [4.69, 9.17) is 27.9 Å². The first-order chi connectivity index (χ1) is 19.6. The van der Waals surface area contributed by atoms with Crippen molar-refractivity contribution in [1.82, 2.24) is 10.2 Å². The van der Waals surface area contributed by atoms with Crippen LogP contribution in [0.25, 0.3) is 0 Å². The number of fused-ring (bicyclic) bond motifs is 1. The molecule has 3 aliphatic heterocycles. The molecule has 0 radical (unpaired) electrons. The van der Waals surface area contributed by atoms with Gasteiger partial charge in [0.25, 0.3) is 0 Å². The van der Waals surface area contributed by atoms with E-state index in [1.165, 1.54) is 17.0 Å². The summed E-state index contributed by atoms with van der Waals surface area (Å²) in [5.41, 5.74) is -0.314. The van der Waals surface area contributed by atoms with Crippen molar-refractivity contribution in [1.29, 1.82) is 0 Å². The minimum atomic E-state index is -1.31. The highest BCUT2D eigenvalue weighted by Crippen LogP contribution is 2.55. The van der Waals surface area contributed by atoms with Gasteiger partial charge in [-0.3, -0.25) is 14.4 Å². The van der Waals surface area contributed by atoms with Crippen molar-refractivity contribution in [3.05, 3.63) is 76.0 Å². The van der Waals surface area contributed by atoms with E-state index in [0.717, 1.165) is 25.3 Å². The van der Waals surface area contributed by atoms with Crippen LogP contribution in [-0.2, 0) is 25.7 Å². The Labute approximate surface area is 248 Å². The Hall–Kier alpha value is -2.94. The first-order valence-electron chi connectivity index (χ1n) is 14.1. The van der Waals surface area contributed by atoms with Crippen LogP contribution in [-0.4, -0.2) is 46.4 Å². The van der Waals surface area contributed by atoms with E-state index in [1.54, 1.807) is 24.3 Å². The minimum absolute atomic E-state index is 0.0242. The number of carbonyl (C=O) groups is 3. The minimum Gasteiger partial charge on any atom is -0.359 e. The predicted molar refractivity (Wildman–Crippen MR) is 154 cm³/mol. The number of nitrogens with one attached hydrogen (secondary N) is 2. The van der Waals surface area contributed by atoms with Gasteiger partial charge >= 0.3 is 0 Å². The lowest BCUT2D eigenvalue weighted by atomic mass is 9.73. The molecule has 0 aromatic heterocycles. The van der Waals surface area contributed by atoms with Gasteiger partial charge < -0.3 is 20.3 Å². The number of hydrogen-bond acceptors (Lipinski definition) is 4. The number of carbonyl (C=O) groups excluding carboxylic acids is 3. The van der Waals surface area contributed by atoms with E-state index >= 15 is 0 Å². The van der Waals surface area contributed by atoms with E-state index in [1.807, 2.05) is 12.1 Å². The van der Waals surface area contributed by atoms with Crippen molar-refractivity contribution in [3.8, 4) is 0 Å². The van der Waals surface area contributed by atoms with Crippen LogP contribution in [0, 0.1) is 29.5 Å². The summed E-state index contributed by atoms with van der Waals surface area (Å²) in [7, 11) is 0. The molecule has 2 N–H and O–H groups in total. The van der Waals surface area contributed by atoms with E-state index in [0.29, 0.717) is 22.2 Å². The molecule has 1 aliphatic carbocycles. The Morgan fingerprint density at radius 1 is 1.10 bits per heavy atom. The van der Waals surface area contributed by atoms with E-state index in [9.17, 15) is 18.8 Å². The predicted octanol–water partition coefficient (Wildman–Crippen LogP) is 5.36. The number of nitrogens with zero attached hydrogens (tertiary/aromatic N) is 1. The second-order valence-electron chi connectivity index (χ2n) is 11.8. The van der Waals surface area contributed by atoms with E-state index in [-0.39, 0.29) is 35.3 Å². The summed E-state index contributed by atoms with van der Waals surface area (Å²) in [6.07, 6.45) is 5.85. The second-order valence-corrected chi connectivity index (χ2v) is 12.6. The van der Waals surface area contributed by atoms with Crippen LogP contribution < -0.4 is 10.6 Å². The lowest BCUT2D eigenvalue weighted by molar-refractivity contribution is -0.142. The van der Waals surface area contributed by atoms with Crippen molar-refractivity contribution in [3.63, 3.8) is 0 Å². The number of hydrogen-bond donors (Lipinski definition) is 2. The van der Waals surface area contributed by atoms with Gasteiger partial charge in [0, 0.05) is 23.3 Å². The Kier molecular flexibility index (Phi) is 7.37. The second kappa shape index (κ2) is 10.7. The van der Waals surface area contributed by atoms with Gasteiger partial charge in [0.2, 0.25) is 17.7 Å². The van der Waals surface area contributed by atoms with Crippen molar-refractivity contribution >= 4 is 46.6 Å². The van der Waals surface area contributed by atoms with Crippen LogP contribution in [0.5, 0.6) is 0 Å². The van der Waals surface area contributed by atoms with Gasteiger partial charge in [0.1, 0.15) is 17.5 Å². The lowest BCUT2D eigenvalue weighted by Crippen LogP contribution is -2.57. The molecule has 2 saturated heterocycles. The molecule has 8 atom stereocenters. The smallest absolute Gasteiger partial charge is 0.246 e. The molecule has 3 amide bonds. The fraction of sp³-hybridized carbons (Fsp3) is 0.452. The summed E-state index contributed by atoms with van der Waals surface area (Å²) in [4.78, 5) is 43.5. The molecule has 1 saturated carbocycles. The van der Waals surface area contributed by atoms with Crippen molar-refractivity contribution < 1.29 is 23.5 Å². The Bertz CT molecular complexity index is 1440. The van der Waals surface area contributed by atoms with Crippen LogP contribution in [0.15, 0.2) is 54.6 Å². The maximum Gasteiger partial charge on any atom is 0.246 e. The average molecular weight is 601 g/mol. The van der Waals surface area contributed by atoms with Crippen LogP contribution in [0.4, 0.5) is 10.1 Å². The first kappa shape index (κ1) is 28.2. The zero-order valence-electron chi connectivity index (χ0n) is 22.8. The SMILES string of the molecule is CC1CCCC(NC(=O)C2N(Cc3ccccc3Cl)C(=O)C3C(C(=O)Nc4ccc(F)c(Cl)c4)C4C=CC32O4)C1C. The van der Waals surface area contributed by atoms with Crippen LogP contribution in [0.2, 0.25) is 10.0 Å². The fourth-order valence-corrected chi connectivity index (χ4v) is 7.47. The summed E-state index contributed by atoms with van der Waals surface area (Å²) >= 11 is 12.4. The van der Waals surface area contributed by atoms with Crippen LogP contribution in [0.3, 0.4) is 0 Å². The summed E-state index contributed by atoms with van der Waals surface area (Å²) < 4.78 is 20.1. The van der Waals surface area contributed by atoms with Gasteiger partial charge in [-0.2, -0.15) is 0 Å². The Morgan fingerprint density at radius 2 is 1.88 bits per heavy atom. The Morgan fingerprint density at radius 3 is 2.63 bits per heavy atom. The standard InChI is InChI=1S/C31H32Cl2FN3O4/c1-16-6-5-9-23(17(16)2)36-29(39)27-31-13-12-24(41-31)25(28(38)35-19-10-11-22(34)21(33)14-19)26(31)30(40)37(27)15-18-7-3-4-8-20(18)32/h3-4,7-8,10-14,16-17,23-27H,5-6,9,15H2,1-2H3,(H,35,38)(H,36,39). The fourth-order valence-electron chi connectivity index (χ4n) is 7.09. The molecule has 3 fully saturated rings. The molecular weight excluding hydrogens is 568 g/mol. The molecule has 41 heavy (non-hydrogen) atoms. The number of amides is 3. The monoisotopic (exact) mass is 599 g/mol. The molecule has 1 spiro atoms. The first-order valence-corrected chi connectivity index (χ1v) is 14.8. The number of likely N-dealkylation sites (tertiary alicyclic amines) is 1. The molecule has 2 bridgehead atoms. The van der Waals surface area contributed by atoms with Gasteiger partial charge in [0.15, 0.2) is 0 Å². The van der Waals surface area contributed by atoms with Crippen LogP contribution >= 0.6 is 23.2 Å². The zero-order valence-corrected chi connectivity index (χ0v) is 24.3. The highest BCUT2D eigenvalue weighted by molar-refractivity contribution is 6.31. The third-order valence-electron chi connectivity index (χ3n) is 9.45. The normalized spacial score (nSPS) is 33.6. The highest BCUT2D eigenvalue weighted by Gasteiger charge is 2.72. The third kappa shape index (κ3) is 4.74. The molecule has 7 nitrogen and oxygen atoms in total. The van der Waals surface area contributed by atoms with Crippen molar-refractivity contribution in [2.75, 3.05) is 5.32 Å². The van der Waals surface area contributed by atoms with Gasteiger partial charge in [-0.1, -0.05) is 80.2 Å². The number of anilines is 1. The number of benzene rings is 2. The maximum atomic E-state index is 14.2. The molecule has 4 aliphatic rings. The zero-order chi connectivity index (χ0) is 29.1. The van der Waals surface area contributed by atoms with Crippen LogP contribution in [0.1, 0.15) is 38.7 Å². The Balaban J connectivity index is 1.34. The summed E-state index contributed by atoms with van der Waals surface area (Å²) in [6, 6.07) is 10.1. The average Bonchev–Trinajstić information content (AvgIpc) is 3.58. The molecule has 2 aromatic rings. The van der Waals surface area contributed by atoms with Gasteiger partial charge in [-0.15, -0.1) is 0 Å². The molecule has 216 valence electrons. The van der Waals surface area contributed by atoms with E-state index < -0.39 is 41.3 Å². The number of ether oxygens (including phenoxy) is 1. The molecule has 2 aromatic carbocycles. The molecule has 10 heteroatoms. The van der Waals surface area contributed by atoms with Gasteiger partial charge in [-0.05, 0) is 48.1 Å².